The van der Waals surface area contributed by atoms with E-state index in [-0.39, 0.29) is 12.3 Å². The van der Waals surface area contributed by atoms with Gasteiger partial charge in [-0.1, -0.05) is 24.3 Å². The van der Waals surface area contributed by atoms with Crippen LogP contribution in [-0.2, 0) is 11.2 Å². The molecule has 1 amide bonds. The number of ether oxygens (including phenoxy) is 2. The molecule has 0 aliphatic rings. The van der Waals surface area contributed by atoms with Gasteiger partial charge < -0.3 is 14.8 Å². The van der Waals surface area contributed by atoms with Crippen LogP contribution in [-0.4, -0.2) is 29.5 Å². The predicted octanol–water partition coefficient (Wildman–Crippen LogP) is 4.26. The fourth-order valence-corrected chi connectivity index (χ4v) is 3.74. The summed E-state index contributed by atoms with van der Waals surface area (Å²) in [5.41, 5.74) is 3.29. The molecule has 4 aromatic rings. The molecule has 0 aliphatic carbocycles. The minimum Gasteiger partial charge on any atom is -0.493 e. The van der Waals surface area contributed by atoms with Crippen LogP contribution in [0, 0.1) is 0 Å². The van der Waals surface area contributed by atoms with E-state index in [1.54, 1.807) is 31.6 Å². The summed E-state index contributed by atoms with van der Waals surface area (Å²) >= 11 is 1.57. The zero-order valence-corrected chi connectivity index (χ0v) is 16.3. The molecule has 6 nitrogen and oxygen atoms in total. The molecule has 0 bridgehead atoms. The second kappa shape index (κ2) is 7.74. The Hall–Kier alpha value is -3.32. The topological polar surface area (TPSA) is 64.9 Å². The number of fused-ring (bicyclic) bond motifs is 1. The van der Waals surface area contributed by atoms with Crippen LogP contribution < -0.4 is 14.8 Å². The molecule has 0 saturated carbocycles. The average molecular weight is 393 g/mol. The highest BCUT2D eigenvalue weighted by atomic mass is 32.1. The maximum absolute atomic E-state index is 12.6. The van der Waals surface area contributed by atoms with E-state index >= 15 is 0 Å². The maximum Gasteiger partial charge on any atom is 0.228 e. The standard InChI is InChI=1S/C21H19N3O3S/c1-26-18-8-7-14(11-19(18)27-2)12-20(25)22-16-6-4-3-5-15(16)17-13-24-9-10-28-21(24)23-17/h3-11,13H,12H2,1-2H3,(H,22,25). The van der Waals surface area contributed by atoms with Crippen LogP contribution >= 0.6 is 11.3 Å². The van der Waals surface area contributed by atoms with Gasteiger partial charge in [-0.25, -0.2) is 4.98 Å². The number of rotatable bonds is 6. The lowest BCUT2D eigenvalue weighted by atomic mass is 10.1. The fourth-order valence-electron chi connectivity index (χ4n) is 3.04. The highest BCUT2D eigenvalue weighted by Crippen LogP contribution is 2.30. The van der Waals surface area contributed by atoms with E-state index in [9.17, 15) is 4.79 Å². The van der Waals surface area contributed by atoms with Crippen molar-refractivity contribution in [2.75, 3.05) is 19.5 Å². The van der Waals surface area contributed by atoms with Crippen LogP contribution in [0.3, 0.4) is 0 Å². The largest absolute Gasteiger partial charge is 0.493 e. The van der Waals surface area contributed by atoms with Crippen molar-refractivity contribution in [1.82, 2.24) is 9.38 Å². The summed E-state index contributed by atoms with van der Waals surface area (Å²) < 4.78 is 12.5. The van der Waals surface area contributed by atoms with E-state index in [1.165, 1.54) is 0 Å². The zero-order valence-electron chi connectivity index (χ0n) is 15.5. The van der Waals surface area contributed by atoms with Crippen molar-refractivity contribution in [2.24, 2.45) is 0 Å². The highest BCUT2D eigenvalue weighted by molar-refractivity contribution is 7.15. The molecule has 2 aromatic carbocycles. The van der Waals surface area contributed by atoms with Crippen LogP contribution in [0.1, 0.15) is 5.56 Å². The number of anilines is 1. The summed E-state index contributed by atoms with van der Waals surface area (Å²) in [5.74, 6) is 1.13. The molecule has 0 unspecified atom stereocenters. The quantitative estimate of drug-likeness (QED) is 0.532. The Labute approximate surface area is 166 Å². The number of amides is 1. The SMILES string of the molecule is COc1ccc(CC(=O)Nc2ccccc2-c2cn3ccsc3n2)cc1OC. The number of nitrogens with one attached hydrogen (secondary N) is 1. The van der Waals surface area contributed by atoms with Crippen LogP contribution in [0.4, 0.5) is 5.69 Å². The van der Waals surface area contributed by atoms with E-state index < -0.39 is 0 Å². The molecule has 142 valence electrons. The van der Waals surface area contributed by atoms with E-state index in [2.05, 4.69) is 10.3 Å². The molecular weight excluding hydrogens is 374 g/mol. The second-order valence-electron chi connectivity index (χ2n) is 6.18. The predicted molar refractivity (Wildman–Crippen MR) is 110 cm³/mol. The Morgan fingerprint density at radius 2 is 1.96 bits per heavy atom. The van der Waals surface area contributed by atoms with Gasteiger partial charge in [-0.15, -0.1) is 11.3 Å². The third kappa shape index (κ3) is 3.57. The molecule has 1 N–H and O–H groups in total. The number of aromatic nitrogens is 2. The van der Waals surface area contributed by atoms with Crippen molar-refractivity contribution >= 4 is 27.9 Å². The minimum atomic E-state index is -0.110. The van der Waals surface area contributed by atoms with Crippen LogP contribution in [0.25, 0.3) is 16.2 Å². The number of imidazole rings is 1. The summed E-state index contributed by atoms with van der Waals surface area (Å²) in [4.78, 5) is 18.2. The van der Waals surface area contributed by atoms with Crippen molar-refractivity contribution in [2.45, 2.75) is 6.42 Å². The molecule has 4 rings (SSSR count). The monoisotopic (exact) mass is 393 g/mol. The lowest BCUT2D eigenvalue weighted by Gasteiger charge is -2.11. The maximum atomic E-state index is 12.6. The first-order chi connectivity index (χ1) is 13.7. The third-order valence-electron chi connectivity index (χ3n) is 4.38. The van der Waals surface area contributed by atoms with Gasteiger partial charge in [0.2, 0.25) is 5.91 Å². The van der Waals surface area contributed by atoms with Crippen LogP contribution in [0.2, 0.25) is 0 Å². The van der Waals surface area contributed by atoms with Crippen molar-refractivity contribution in [3.8, 4) is 22.8 Å². The summed E-state index contributed by atoms with van der Waals surface area (Å²) in [6, 6.07) is 13.1. The van der Waals surface area contributed by atoms with Crippen molar-refractivity contribution in [1.29, 1.82) is 0 Å². The summed E-state index contributed by atoms with van der Waals surface area (Å²) in [5, 5.41) is 4.99. The molecule has 0 radical (unpaired) electrons. The van der Waals surface area contributed by atoms with Crippen molar-refractivity contribution < 1.29 is 14.3 Å². The number of thiazole rings is 1. The van der Waals surface area contributed by atoms with Crippen LogP contribution in [0.5, 0.6) is 11.5 Å². The summed E-state index contributed by atoms with van der Waals surface area (Å²) in [6.07, 6.45) is 4.16. The zero-order chi connectivity index (χ0) is 19.5. The molecule has 0 atom stereocenters. The number of hydrogen-bond acceptors (Lipinski definition) is 5. The highest BCUT2D eigenvalue weighted by Gasteiger charge is 2.13. The van der Waals surface area contributed by atoms with Gasteiger partial charge in [-0.3, -0.25) is 9.20 Å². The van der Waals surface area contributed by atoms with Crippen molar-refractivity contribution in [3.05, 3.63) is 65.8 Å². The molecular formula is C21H19N3O3S. The molecule has 28 heavy (non-hydrogen) atoms. The van der Waals surface area contributed by atoms with E-state index in [4.69, 9.17) is 9.47 Å². The number of hydrogen-bond donors (Lipinski definition) is 1. The number of carbonyl (C=O) groups excluding carboxylic acids is 1. The third-order valence-corrected chi connectivity index (χ3v) is 5.15. The number of para-hydroxylation sites is 1. The molecule has 0 aliphatic heterocycles. The molecule has 2 heterocycles. The summed E-state index contributed by atoms with van der Waals surface area (Å²) in [6.45, 7) is 0. The minimum absolute atomic E-state index is 0.110. The van der Waals surface area contributed by atoms with E-state index in [1.807, 2.05) is 58.6 Å². The number of carbonyl (C=O) groups is 1. The lowest BCUT2D eigenvalue weighted by Crippen LogP contribution is -2.15. The Kier molecular flexibility index (Phi) is 4.99. The normalized spacial score (nSPS) is 10.8. The number of methoxy groups -OCH3 is 2. The number of nitrogens with zero attached hydrogens (tertiary/aromatic N) is 2. The molecule has 2 aromatic heterocycles. The van der Waals surface area contributed by atoms with Gasteiger partial charge in [-0.2, -0.15) is 0 Å². The Balaban J connectivity index is 1.55. The number of benzene rings is 2. The van der Waals surface area contributed by atoms with Gasteiger partial charge in [0, 0.05) is 23.3 Å². The molecule has 0 spiro atoms. The second-order valence-corrected chi connectivity index (χ2v) is 7.05. The molecule has 7 heteroatoms. The van der Waals surface area contributed by atoms with Gasteiger partial charge in [0.1, 0.15) is 0 Å². The van der Waals surface area contributed by atoms with Gasteiger partial charge in [0.15, 0.2) is 16.5 Å². The molecule has 0 saturated heterocycles. The Bertz CT molecular complexity index is 1100. The lowest BCUT2D eigenvalue weighted by molar-refractivity contribution is -0.115. The van der Waals surface area contributed by atoms with Gasteiger partial charge in [-0.05, 0) is 23.8 Å². The van der Waals surface area contributed by atoms with E-state index in [0.717, 1.165) is 27.5 Å². The van der Waals surface area contributed by atoms with Gasteiger partial charge >= 0.3 is 0 Å². The van der Waals surface area contributed by atoms with Gasteiger partial charge in [0.05, 0.1) is 32.0 Å². The van der Waals surface area contributed by atoms with Gasteiger partial charge in [0.25, 0.3) is 0 Å². The van der Waals surface area contributed by atoms with Crippen molar-refractivity contribution in [3.63, 3.8) is 0 Å². The first kappa shape index (κ1) is 18.1. The van der Waals surface area contributed by atoms with Crippen LogP contribution in [0.15, 0.2) is 60.2 Å². The average Bonchev–Trinajstić information content (AvgIpc) is 3.30. The van der Waals surface area contributed by atoms with E-state index in [0.29, 0.717) is 11.5 Å². The first-order valence-electron chi connectivity index (χ1n) is 8.70. The Morgan fingerprint density at radius 3 is 2.75 bits per heavy atom. The smallest absolute Gasteiger partial charge is 0.228 e. The summed E-state index contributed by atoms with van der Waals surface area (Å²) in [7, 11) is 3.16. The first-order valence-corrected chi connectivity index (χ1v) is 9.58. The molecule has 0 fully saturated rings. The fraction of sp³-hybridized carbons (Fsp3) is 0.143. The Morgan fingerprint density at radius 1 is 1.14 bits per heavy atom.